The summed E-state index contributed by atoms with van der Waals surface area (Å²) in [4.78, 5) is 12.1. The Kier molecular flexibility index (Phi) is 8.18. The molecule has 0 bridgehead atoms. The number of benzene rings is 2. The van der Waals surface area contributed by atoms with Gasteiger partial charge in [0.25, 0.3) is 0 Å². The first-order valence-electron chi connectivity index (χ1n) is 7.50. The summed E-state index contributed by atoms with van der Waals surface area (Å²) in [5, 5.41) is 5.70. The number of amides is 1. The van der Waals surface area contributed by atoms with Gasteiger partial charge >= 0.3 is 0 Å². The van der Waals surface area contributed by atoms with Gasteiger partial charge in [0, 0.05) is 5.56 Å². The van der Waals surface area contributed by atoms with Crippen LogP contribution in [0, 0.1) is 5.82 Å². The van der Waals surface area contributed by atoms with Gasteiger partial charge in [-0.15, -0.1) is 12.4 Å². The molecule has 2 N–H and O–H groups in total. The molecule has 0 aliphatic carbocycles. The van der Waals surface area contributed by atoms with Crippen LogP contribution in [0.3, 0.4) is 0 Å². The maximum atomic E-state index is 13.8. The van der Waals surface area contributed by atoms with Crippen LogP contribution < -0.4 is 20.1 Å². The second-order valence-electron chi connectivity index (χ2n) is 5.19. The van der Waals surface area contributed by atoms with Crippen molar-refractivity contribution in [2.24, 2.45) is 0 Å². The highest BCUT2D eigenvalue weighted by Gasteiger charge is 2.21. The molecule has 25 heavy (non-hydrogen) atoms. The molecule has 1 atom stereocenters. The Balaban J connectivity index is 0.00000312. The zero-order chi connectivity index (χ0) is 17.5. The van der Waals surface area contributed by atoms with E-state index in [1.54, 1.807) is 32.4 Å². The monoisotopic (exact) mass is 368 g/mol. The molecule has 2 rings (SSSR count). The topological polar surface area (TPSA) is 59.6 Å². The summed E-state index contributed by atoms with van der Waals surface area (Å²) >= 11 is 0. The third kappa shape index (κ3) is 5.34. The van der Waals surface area contributed by atoms with Crippen molar-refractivity contribution >= 4 is 18.3 Å². The van der Waals surface area contributed by atoms with E-state index in [4.69, 9.17) is 9.47 Å². The van der Waals surface area contributed by atoms with Crippen molar-refractivity contribution in [2.75, 3.05) is 27.8 Å². The predicted octanol–water partition coefficient (Wildman–Crippen LogP) is 2.69. The number of carbonyl (C=O) groups is 1. The molecule has 0 radical (unpaired) electrons. The largest absolute Gasteiger partial charge is 0.497 e. The Labute approximate surface area is 152 Å². The lowest BCUT2D eigenvalue weighted by Crippen LogP contribution is -2.35. The first-order chi connectivity index (χ1) is 11.6. The molecule has 0 fully saturated rings. The molecule has 2 aromatic rings. The molecule has 7 heteroatoms. The molecule has 0 saturated heterocycles. The minimum Gasteiger partial charge on any atom is -0.497 e. The lowest BCUT2D eigenvalue weighted by Gasteiger charge is -2.22. The van der Waals surface area contributed by atoms with E-state index in [1.165, 1.54) is 19.2 Å². The van der Waals surface area contributed by atoms with E-state index in [0.717, 1.165) is 5.56 Å². The molecule has 1 unspecified atom stereocenters. The summed E-state index contributed by atoms with van der Waals surface area (Å²) in [6.45, 7) is 0.151. The van der Waals surface area contributed by atoms with E-state index < -0.39 is 11.9 Å². The van der Waals surface area contributed by atoms with Gasteiger partial charge in [0.2, 0.25) is 5.91 Å². The lowest BCUT2D eigenvalue weighted by molar-refractivity contribution is -0.120. The molecule has 0 aliphatic rings. The van der Waals surface area contributed by atoms with Gasteiger partial charge in [-0.2, -0.15) is 0 Å². The van der Waals surface area contributed by atoms with Crippen molar-refractivity contribution in [3.05, 3.63) is 59.4 Å². The van der Waals surface area contributed by atoms with Gasteiger partial charge in [0.15, 0.2) is 0 Å². The van der Waals surface area contributed by atoms with Crippen LogP contribution in [0.4, 0.5) is 4.39 Å². The average molecular weight is 369 g/mol. The minimum atomic E-state index is -0.563. The van der Waals surface area contributed by atoms with E-state index in [0.29, 0.717) is 17.1 Å². The standard InChI is InChI=1S/C18H21FN2O3.ClH/c1-20-11-17(22)21-18(12-5-4-6-14(9-12)23-2)15-10-13(19)7-8-16(15)24-3;/h4-10,18,20H,11H2,1-3H3,(H,21,22);1H. The number of likely N-dealkylation sites (N-methyl/N-ethyl adjacent to an activating group) is 1. The number of halogens is 2. The van der Waals surface area contributed by atoms with Crippen LogP contribution in [0.5, 0.6) is 11.5 Å². The lowest BCUT2D eigenvalue weighted by atomic mass is 9.97. The van der Waals surface area contributed by atoms with E-state index in [1.807, 2.05) is 12.1 Å². The van der Waals surface area contributed by atoms with Crippen LogP contribution in [0.25, 0.3) is 0 Å². The van der Waals surface area contributed by atoms with Crippen LogP contribution in [0.1, 0.15) is 17.2 Å². The Morgan fingerprint density at radius 2 is 1.92 bits per heavy atom. The van der Waals surface area contributed by atoms with Crippen molar-refractivity contribution in [3.8, 4) is 11.5 Å². The van der Waals surface area contributed by atoms with Gasteiger partial charge in [0.05, 0.1) is 26.8 Å². The summed E-state index contributed by atoms with van der Waals surface area (Å²) in [5.74, 6) is 0.530. The van der Waals surface area contributed by atoms with Crippen molar-refractivity contribution in [1.29, 1.82) is 0 Å². The summed E-state index contributed by atoms with van der Waals surface area (Å²) in [6, 6.07) is 10.9. The smallest absolute Gasteiger partial charge is 0.234 e. The van der Waals surface area contributed by atoms with E-state index in [2.05, 4.69) is 10.6 Å². The van der Waals surface area contributed by atoms with E-state index in [9.17, 15) is 9.18 Å². The van der Waals surface area contributed by atoms with Gasteiger partial charge in [-0.05, 0) is 42.9 Å². The highest BCUT2D eigenvalue weighted by atomic mass is 35.5. The SMILES string of the molecule is CNCC(=O)NC(c1cccc(OC)c1)c1cc(F)ccc1OC.Cl. The predicted molar refractivity (Wildman–Crippen MR) is 97.1 cm³/mol. The number of methoxy groups -OCH3 is 2. The maximum absolute atomic E-state index is 13.8. The molecule has 5 nitrogen and oxygen atoms in total. The van der Waals surface area contributed by atoms with Crippen LogP contribution in [-0.4, -0.2) is 33.7 Å². The zero-order valence-electron chi connectivity index (χ0n) is 14.3. The molecule has 0 heterocycles. The number of ether oxygens (including phenoxy) is 2. The number of carbonyl (C=O) groups excluding carboxylic acids is 1. The Bertz CT molecular complexity index is 712. The third-order valence-corrected chi connectivity index (χ3v) is 3.57. The van der Waals surface area contributed by atoms with Crippen molar-refractivity contribution < 1.29 is 18.7 Å². The van der Waals surface area contributed by atoms with Gasteiger partial charge in [0.1, 0.15) is 17.3 Å². The van der Waals surface area contributed by atoms with Crippen molar-refractivity contribution in [1.82, 2.24) is 10.6 Å². The molecule has 136 valence electrons. The average Bonchev–Trinajstić information content (AvgIpc) is 2.60. The summed E-state index contributed by atoms with van der Waals surface area (Å²) in [6.07, 6.45) is 0. The van der Waals surface area contributed by atoms with Gasteiger partial charge in [-0.3, -0.25) is 4.79 Å². The minimum absolute atomic E-state index is 0. The molecule has 0 saturated carbocycles. The number of rotatable bonds is 7. The number of hydrogen-bond acceptors (Lipinski definition) is 4. The van der Waals surface area contributed by atoms with E-state index >= 15 is 0 Å². The Morgan fingerprint density at radius 1 is 1.16 bits per heavy atom. The molecule has 0 aliphatic heterocycles. The van der Waals surface area contributed by atoms with Gasteiger partial charge in [-0.1, -0.05) is 12.1 Å². The van der Waals surface area contributed by atoms with Crippen LogP contribution in [-0.2, 0) is 4.79 Å². The van der Waals surface area contributed by atoms with Crippen LogP contribution in [0.15, 0.2) is 42.5 Å². The molecule has 2 aromatic carbocycles. The van der Waals surface area contributed by atoms with Crippen molar-refractivity contribution in [3.63, 3.8) is 0 Å². The van der Waals surface area contributed by atoms with Crippen LogP contribution >= 0.6 is 12.4 Å². The van der Waals surface area contributed by atoms with E-state index in [-0.39, 0.29) is 24.9 Å². The molecular weight excluding hydrogens is 347 g/mol. The van der Waals surface area contributed by atoms with Crippen molar-refractivity contribution in [2.45, 2.75) is 6.04 Å². The Morgan fingerprint density at radius 3 is 2.56 bits per heavy atom. The summed E-state index contributed by atoms with van der Waals surface area (Å²) in [5.41, 5.74) is 1.30. The first kappa shape index (κ1) is 20.7. The second kappa shape index (κ2) is 9.86. The third-order valence-electron chi connectivity index (χ3n) is 3.57. The number of nitrogens with one attached hydrogen (secondary N) is 2. The maximum Gasteiger partial charge on any atom is 0.234 e. The zero-order valence-corrected chi connectivity index (χ0v) is 15.2. The Hall–Kier alpha value is -2.31. The molecule has 0 spiro atoms. The van der Waals surface area contributed by atoms with Gasteiger partial charge < -0.3 is 20.1 Å². The fourth-order valence-corrected chi connectivity index (χ4v) is 2.47. The van der Waals surface area contributed by atoms with Gasteiger partial charge in [-0.25, -0.2) is 4.39 Å². The summed E-state index contributed by atoms with van der Waals surface area (Å²) in [7, 11) is 4.76. The fraction of sp³-hybridized carbons (Fsp3) is 0.278. The first-order valence-corrected chi connectivity index (χ1v) is 7.50. The number of hydrogen-bond donors (Lipinski definition) is 2. The fourth-order valence-electron chi connectivity index (χ4n) is 2.47. The summed E-state index contributed by atoms with van der Waals surface area (Å²) < 4.78 is 24.4. The quantitative estimate of drug-likeness (QED) is 0.789. The normalized spacial score (nSPS) is 11.2. The highest BCUT2D eigenvalue weighted by Crippen LogP contribution is 2.32. The second-order valence-corrected chi connectivity index (χ2v) is 5.19. The highest BCUT2D eigenvalue weighted by molar-refractivity contribution is 5.85. The molecule has 1 amide bonds. The molecule has 0 aromatic heterocycles. The molecular formula is C18H22ClFN2O3. The van der Waals surface area contributed by atoms with Crippen LogP contribution in [0.2, 0.25) is 0 Å².